The van der Waals surface area contributed by atoms with Gasteiger partial charge in [0.2, 0.25) is 0 Å². The van der Waals surface area contributed by atoms with E-state index in [0.717, 1.165) is 16.4 Å². The van der Waals surface area contributed by atoms with Gasteiger partial charge in [-0.15, -0.1) is 10.2 Å². The van der Waals surface area contributed by atoms with Crippen molar-refractivity contribution in [1.29, 1.82) is 0 Å². The molecule has 0 aliphatic rings. The fraction of sp³-hybridized carbons (Fsp3) is 0.750. The van der Waals surface area contributed by atoms with Crippen LogP contribution in [-0.4, -0.2) is 10.2 Å². The Morgan fingerprint density at radius 2 is 2.25 bits per heavy atom. The Balaban J connectivity index is 2.52. The second kappa shape index (κ2) is 4.52. The molecule has 3 nitrogen and oxygen atoms in total. The topological polar surface area (TPSA) is 51.8 Å². The summed E-state index contributed by atoms with van der Waals surface area (Å²) >= 11 is 1.63. The zero-order chi connectivity index (χ0) is 8.97. The second-order valence-electron chi connectivity index (χ2n) is 2.93. The van der Waals surface area contributed by atoms with E-state index in [1.54, 1.807) is 11.3 Å². The van der Waals surface area contributed by atoms with Crippen molar-refractivity contribution >= 4 is 11.3 Å². The molecular weight excluding hydrogens is 170 g/mol. The van der Waals surface area contributed by atoms with Gasteiger partial charge in [-0.05, 0) is 13.3 Å². The lowest BCUT2D eigenvalue weighted by Gasteiger charge is -1.94. The molecule has 1 atom stereocenters. The van der Waals surface area contributed by atoms with E-state index < -0.39 is 0 Å². The molecule has 68 valence electrons. The molecule has 0 fully saturated rings. The van der Waals surface area contributed by atoms with Crippen molar-refractivity contribution in [2.24, 2.45) is 5.73 Å². The lowest BCUT2D eigenvalue weighted by molar-refractivity contribution is 0.760. The van der Waals surface area contributed by atoms with E-state index >= 15 is 0 Å². The van der Waals surface area contributed by atoms with Crippen LogP contribution in [0.2, 0.25) is 0 Å². The quantitative estimate of drug-likeness (QED) is 0.779. The molecule has 0 saturated heterocycles. The summed E-state index contributed by atoms with van der Waals surface area (Å²) in [6.07, 6.45) is 3.43. The highest BCUT2D eigenvalue weighted by molar-refractivity contribution is 7.11. The van der Waals surface area contributed by atoms with Crippen LogP contribution in [0, 0.1) is 0 Å². The van der Waals surface area contributed by atoms with Gasteiger partial charge in [0.05, 0.1) is 6.04 Å². The molecule has 0 bridgehead atoms. The number of nitrogens with two attached hydrogens (primary N) is 1. The average Bonchev–Trinajstić information content (AvgIpc) is 2.48. The van der Waals surface area contributed by atoms with Gasteiger partial charge >= 0.3 is 0 Å². The normalized spacial score (nSPS) is 13.2. The fourth-order valence-electron chi connectivity index (χ4n) is 0.880. The molecule has 4 heteroatoms. The van der Waals surface area contributed by atoms with Crippen molar-refractivity contribution in [3.8, 4) is 0 Å². The number of hydrogen-bond donors (Lipinski definition) is 1. The average molecular weight is 185 g/mol. The molecular formula is C8H15N3S. The standard InChI is InChI=1S/C8H15N3S/c1-3-4-5-7-10-11-8(12-7)6(2)9/h6H,3-5,9H2,1-2H3. The van der Waals surface area contributed by atoms with E-state index in [0.29, 0.717) is 0 Å². The van der Waals surface area contributed by atoms with Gasteiger partial charge in [0.25, 0.3) is 0 Å². The van der Waals surface area contributed by atoms with Crippen LogP contribution in [-0.2, 0) is 6.42 Å². The van der Waals surface area contributed by atoms with Crippen molar-refractivity contribution < 1.29 is 0 Å². The smallest absolute Gasteiger partial charge is 0.133 e. The third-order valence-electron chi connectivity index (χ3n) is 1.62. The van der Waals surface area contributed by atoms with Crippen molar-refractivity contribution in [2.45, 2.75) is 39.2 Å². The van der Waals surface area contributed by atoms with Crippen molar-refractivity contribution in [3.05, 3.63) is 10.0 Å². The summed E-state index contributed by atoms with van der Waals surface area (Å²) in [4.78, 5) is 0. The maximum absolute atomic E-state index is 5.66. The number of rotatable bonds is 4. The monoisotopic (exact) mass is 185 g/mol. The third-order valence-corrected chi connectivity index (χ3v) is 2.80. The van der Waals surface area contributed by atoms with Gasteiger partial charge in [-0.3, -0.25) is 0 Å². The van der Waals surface area contributed by atoms with Crippen LogP contribution in [0.5, 0.6) is 0 Å². The Kier molecular flexibility index (Phi) is 3.62. The first kappa shape index (κ1) is 9.61. The third kappa shape index (κ3) is 2.53. The largest absolute Gasteiger partial charge is 0.322 e. The molecule has 1 unspecified atom stereocenters. The van der Waals surface area contributed by atoms with E-state index in [1.165, 1.54) is 12.8 Å². The van der Waals surface area contributed by atoms with Crippen molar-refractivity contribution in [1.82, 2.24) is 10.2 Å². The SMILES string of the molecule is CCCCc1nnc(C(C)N)s1. The first-order valence-corrected chi connectivity index (χ1v) is 5.13. The van der Waals surface area contributed by atoms with Crippen LogP contribution in [0.25, 0.3) is 0 Å². The lowest BCUT2D eigenvalue weighted by atomic mass is 10.3. The van der Waals surface area contributed by atoms with Gasteiger partial charge in [-0.1, -0.05) is 24.7 Å². The molecule has 2 N–H and O–H groups in total. The van der Waals surface area contributed by atoms with E-state index in [-0.39, 0.29) is 6.04 Å². The first-order valence-electron chi connectivity index (χ1n) is 4.32. The van der Waals surface area contributed by atoms with Crippen LogP contribution in [0.4, 0.5) is 0 Å². The minimum Gasteiger partial charge on any atom is -0.322 e. The molecule has 0 radical (unpaired) electrons. The Morgan fingerprint density at radius 1 is 1.50 bits per heavy atom. The van der Waals surface area contributed by atoms with Crippen LogP contribution in [0.3, 0.4) is 0 Å². The zero-order valence-electron chi connectivity index (χ0n) is 7.58. The molecule has 0 saturated carbocycles. The van der Waals surface area contributed by atoms with Crippen LogP contribution < -0.4 is 5.73 Å². The summed E-state index contributed by atoms with van der Waals surface area (Å²) < 4.78 is 0. The second-order valence-corrected chi connectivity index (χ2v) is 4.02. The number of aromatic nitrogens is 2. The highest BCUT2D eigenvalue weighted by atomic mass is 32.1. The summed E-state index contributed by atoms with van der Waals surface area (Å²) in [6.45, 7) is 4.11. The van der Waals surface area contributed by atoms with Gasteiger partial charge in [0, 0.05) is 6.42 Å². The lowest BCUT2D eigenvalue weighted by Crippen LogP contribution is -2.03. The molecule has 1 aromatic heterocycles. The Morgan fingerprint density at radius 3 is 2.75 bits per heavy atom. The van der Waals surface area contributed by atoms with E-state index in [2.05, 4.69) is 17.1 Å². The van der Waals surface area contributed by atoms with E-state index in [9.17, 15) is 0 Å². The number of nitrogens with zero attached hydrogens (tertiary/aromatic N) is 2. The van der Waals surface area contributed by atoms with E-state index in [1.807, 2.05) is 6.92 Å². The summed E-state index contributed by atoms with van der Waals surface area (Å²) in [6, 6.07) is 0.0258. The molecule has 0 spiro atoms. The van der Waals surface area contributed by atoms with Crippen LogP contribution in [0.15, 0.2) is 0 Å². The molecule has 0 aliphatic carbocycles. The maximum atomic E-state index is 5.66. The van der Waals surface area contributed by atoms with Gasteiger partial charge in [0.1, 0.15) is 10.0 Å². The molecule has 1 heterocycles. The summed E-state index contributed by atoms with van der Waals surface area (Å²) in [7, 11) is 0. The Hall–Kier alpha value is -0.480. The minimum atomic E-state index is 0.0258. The Bertz CT molecular complexity index is 232. The number of unbranched alkanes of at least 4 members (excludes halogenated alkanes) is 1. The van der Waals surface area contributed by atoms with Crippen molar-refractivity contribution in [3.63, 3.8) is 0 Å². The van der Waals surface area contributed by atoms with Gasteiger partial charge in [-0.2, -0.15) is 0 Å². The predicted molar refractivity (Wildman–Crippen MR) is 51.1 cm³/mol. The first-order chi connectivity index (χ1) is 5.74. The van der Waals surface area contributed by atoms with E-state index in [4.69, 9.17) is 5.73 Å². The molecule has 0 amide bonds. The highest BCUT2D eigenvalue weighted by Crippen LogP contribution is 2.16. The number of hydrogen-bond acceptors (Lipinski definition) is 4. The molecule has 1 aromatic rings. The van der Waals surface area contributed by atoms with Crippen LogP contribution >= 0.6 is 11.3 Å². The van der Waals surface area contributed by atoms with Crippen molar-refractivity contribution in [2.75, 3.05) is 0 Å². The molecule has 0 aliphatic heterocycles. The van der Waals surface area contributed by atoms with Gasteiger partial charge in [-0.25, -0.2) is 0 Å². The molecule has 1 rings (SSSR count). The van der Waals surface area contributed by atoms with Gasteiger partial charge < -0.3 is 5.73 Å². The number of aryl methyl sites for hydroxylation is 1. The summed E-state index contributed by atoms with van der Waals surface area (Å²) in [5.41, 5.74) is 5.66. The zero-order valence-corrected chi connectivity index (χ0v) is 8.40. The van der Waals surface area contributed by atoms with Crippen LogP contribution in [0.1, 0.15) is 42.7 Å². The predicted octanol–water partition coefficient (Wildman–Crippen LogP) is 1.90. The maximum Gasteiger partial charge on any atom is 0.133 e. The fourth-order valence-corrected chi connectivity index (χ4v) is 1.72. The molecule has 0 aromatic carbocycles. The summed E-state index contributed by atoms with van der Waals surface area (Å²) in [5, 5.41) is 10.1. The van der Waals surface area contributed by atoms with Gasteiger partial charge in [0.15, 0.2) is 0 Å². The Labute approximate surface area is 77.0 Å². The molecule has 12 heavy (non-hydrogen) atoms. The highest BCUT2D eigenvalue weighted by Gasteiger charge is 2.06. The summed E-state index contributed by atoms with van der Waals surface area (Å²) in [5.74, 6) is 0. The minimum absolute atomic E-state index is 0.0258.